The van der Waals surface area contributed by atoms with Crippen molar-refractivity contribution in [1.82, 2.24) is 0 Å². The van der Waals surface area contributed by atoms with Crippen LogP contribution in [0.2, 0.25) is 0 Å². The van der Waals surface area contributed by atoms with Crippen molar-refractivity contribution in [3.05, 3.63) is 24.3 Å². The number of hydrogen-bond acceptors (Lipinski definition) is 2. The van der Waals surface area contributed by atoms with Crippen LogP contribution in [0.4, 0.5) is 5.69 Å². The molecule has 0 aromatic heterocycles. The highest BCUT2D eigenvalue weighted by Gasteiger charge is 1.95. The largest absolute Gasteiger partial charge is 0.385 e. The van der Waals surface area contributed by atoms with Crippen molar-refractivity contribution in [3.63, 3.8) is 0 Å². The van der Waals surface area contributed by atoms with Gasteiger partial charge in [0.15, 0.2) is 0 Å². The summed E-state index contributed by atoms with van der Waals surface area (Å²) in [4.78, 5) is 1.32. The molecule has 0 saturated heterocycles. The van der Waals surface area contributed by atoms with Crippen LogP contribution in [0.1, 0.15) is 20.3 Å². The van der Waals surface area contributed by atoms with E-state index in [1.54, 1.807) is 11.8 Å². The summed E-state index contributed by atoms with van der Waals surface area (Å²) in [5.74, 6) is 0.770. The van der Waals surface area contributed by atoms with Gasteiger partial charge in [0.05, 0.1) is 0 Å². The Bertz CT molecular complexity index is 271. The van der Waals surface area contributed by atoms with E-state index in [1.165, 1.54) is 17.0 Å². The molecule has 78 valence electrons. The Kier molecular flexibility index (Phi) is 4.88. The number of benzene rings is 1. The van der Waals surface area contributed by atoms with Crippen LogP contribution in [0.3, 0.4) is 0 Å². The Morgan fingerprint density at radius 3 is 2.79 bits per heavy atom. The van der Waals surface area contributed by atoms with Crippen LogP contribution in [-0.2, 0) is 0 Å². The molecule has 0 saturated carbocycles. The summed E-state index contributed by atoms with van der Waals surface area (Å²) in [5.41, 5.74) is 1.23. The molecule has 0 aliphatic carbocycles. The van der Waals surface area contributed by atoms with Crippen molar-refractivity contribution in [3.8, 4) is 0 Å². The van der Waals surface area contributed by atoms with Gasteiger partial charge in [-0.1, -0.05) is 19.9 Å². The highest BCUT2D eigenvalue weighted by molar-refractivity contribution is 7.98. The van der Waals surface area contributed by atoms with Crippen LogP contribution in [0.25, 0.3) is 0 Å². The topological polar surface area (TPSA) is 12.0 Å². The third-order valence-electron chi connectivity index (χ3n) is 2.12. The Morgan fingerprint density at radius 2 is 2.14 bits per heavy atom. The third kappa shape index (κ3) is 4.05. The summed E-state index contributed by atoms with van der Waals surface area (Å²) in [7, 11) is 0. The van der Waals surface area contributed by atoms with E-state index in [1.807, 2.05) is 0 Å². The molecule has 0 fully saturated rings. The van der Waals surface area contributed by atoms with Crippen LogP contribution in [0, 0.1) is 5.92 Å². The molecule has 0 bridgehead atoms. The van der Waals surface area contributed by atoms with Gasteiger partial charge in [-0.15, -0.1) is 11.8 Å². The van der Waals surface area contributed by atoms with Crippen molar-refractivity contribution >= 4 is 17.4 Å². The summed E-state index contributed by atoms with van der Waals surface area (Å²) in [6.45, 7) is 5.56. The van der Waals surface area contributed by atoms with Crippen LogP contribution >= 0.6 is 11.8 Å². The first kappa shape index (κ1) is 11.4. The summed E-state index contributed by atoms with van der Waals surface area (Å²) < 4.78 is 0. The SMILES string of the molecule is CSc1cccc(NCCC(C)C)c1. The second-order valence-corrected chi connectivity index (χ2v) is 4.72. The number of thioether (sulfide) groups is 1. The van der Waals surface area contributed by atoms with Crippen LogP contribution < -0.4 is 5.32 Å². The minimum absolute atomic E-state index is 0.770. The van der Waals surface area contributed by atoms with Crippen LogP contribution in [0.15, 0.2) is 29.2 Å². The van der Waals surface area contributed by atoms with Crippen LogP contribution in [0.5, 0.6) is 0 Å². The molecule has 0 heterocycles. The van der Waals surface area contributed by atoms with Crippen molar-refractivity contribution in [2.45, 2.75) is 25.2 Å². The molecule has 0 spiro atoms. The van der Waals surface area contributed by atoms with Gasteiger partial charge in [-0.05, 0) is 36.8 Å². The maximum Gasteiger partial charge on any atom is 0.0351 e. The molecule has 0 aliphatic heterocycles. The van der Waals surface area contributed by atoms with E-state index in [0.29, 0.717) is 0 Å². The second kappa shape index (κ2) is 5.97. The van der Waals surface area contributed by atoms with E-state index in [0.717, 1.165) is 12.5 Å². The normalized spacial score (nSPS) is 10.6. The Labute approximate surface area is 91.3 Å². The van der Waals surface area contributed by atoms with Crippen molar-refractivity contribution < 1.29 is 0 Å². The summed E-state index contributed by atoms with van der Waals surface area (Å²) in [6.07, 6.45) is 3.33. The van der Waals surface area contributed by atoms with Crippen molar-refractivity contribution in [2.75, 3.05) is 18.1 Å². The fourth-order valence-corrected chi connectivity index (χ4v) is 1.70. The van der Waals surface area contributed by atoms with Gasteiger partial charge in [-0.2, -0.15) is 0 Å². The fraction of sp³-hybridized carbons (Fsp3) is 0.500. The van der Waals surface area contributed by atoms with E-state index in [2.05, 4.69) is 49.7 Å². The number of hydrogen-bond donors (Lipinski definition) is 1. The third-order valence-corrected chi connectivity index (χ3v) is 2.85. The summed E-state index contributed by atoms with van der Waals surface area (Å²) in [6, 6.07) is 8.56. The lowest BCUT2D eigenvalue weighted by atomic mass is 10.1. The molecule has 1 aromatic carbocycles. The predicted octanol–water partition coefficient (Wildman–Crippen LogP) is 3.87. The zero-order valence-electron chi connectivity index (χ0n) is 9.21. The molecule has 1 aromatic rings. The van der Waals surface area contributed by atoms with Crippen molar-refractivity contribution in [2.24, 2.45) is 5.92 Å². The van der Waals surface area contributed by atoms with Gasteiger partial charge in [0.25, 0.3) is 0 Å². The predicted molar refractivity (Wildman–Crippen MR) is 66.2 cm³/mol. The zero-order valence-corrected chi connectivity index (χ0v) is 10.0. The van der Waals surface area contributed by atoms with E-state index in [9.17, 15) is 0 Å². The lowest BCUT2D eigenvalue weighted by molar-refractivity contribution is 0.607. The van der Waals surface area contributed by atoms with Gasteiger partial charge in [0.2, 0.25) is 0 Å². The molecule has 1 N–H and O–H groups in total. The first-order valence-corrected chi connectivity index (χ1v) is 6.32. The molecule has 2 heteroatoms. The molecule has 0 amide bonds. The quantitative estimate of drug-likeness (QED) is 0.739. The van der Waals surface area contributed by atoms with Gasteiger partial charge in [-0.25, -0.2) is 0 Å². The van der Waals surface area contributed by atoms with Gasteiger partial charge in [-0.3, -0.25) is 0 Å². The standard InChI is InChI=1S/C12H19NS/c1-10(2)7-8-13-11-5-4-6-12(9-11)14-3/h4-6,9-10,13H,7-8H2,1-3H3. The fourth-order valence-electron chi connectivity index (χ4n) is 1.24. The summed E-state index contributed by atoms with van der Waals surface area (Å²) in [5, 5.41) is 3.44. The molecule has 0 aliphatic rings. The minimum Gasteiger partial charge on any atom is -0.385 e. The van der Waals surface area contributed by atoms with Gasteiger partial charge in [0, 0.05) is 17.1 Å². The van der Waals surface area contributed by atoms with Crippen LogP contribution in [-0.4, -0.2) is 12.8 Å². The molecular formula is C12H19NS. The lowest BCUT2D eigenvalue weighted by Gasteiger charge is -2.08. The van der Waals surface area contributed by atoms with Gasteiger partial charge >= 0.3 is 0 Å². The smallest absolute Gasteiger partial charge is 0.0351 e. The van der Waals surface area contributed by atoms with Gasteiger partial charge < -0.3 is 5.32 Å². The Morgan fingerprint density at radius 1 is 1.36 bits per heavy atom. The maximum atomic E-state index is 3.44. The zero-order chi connectivity index (χ0) is 10.4. The lowest BCUT2D eigenvalue weighted by Crippen LogP contribution is -2.04. The molecule has 1 rings (SSSR count). The first-order valence-electron chi connectivity index (χ1n) is 5.10. The molecule has 1 nitrogen and oxygen atoms in total. The minimum atomic E-state index is 0.770. The molecule has 0 atom stereocenters. The maximum absolute atomic E-state index is 3.44. The van der Waals surface area contributed by atoms with Gasteiger partial charge in [0.1, 0.15) is 0 Å². The average molecular weight is 209 g/mol. The molecule has 0 unspecified atom stereocenters. The molecular weight excluding hydrogens is 190 g/mol. The number of anilines is 1. The monoisotopic (exact) mass is 209 g/mol. The van der Waals surface area contributed by atoms with E-state index < -0.39 is 0 Å². The number of nitrogens with one attached hydrogen (secondary N) is 1. The first-order chi connectivity index (χ1) is 6.72. The highest BCUT2D eigenvalue weighted by Crippen LogP contribution is 2.18. The summed E-state index contributed by atoms with van der Waals surface area (Å²) >= 11 is 1.78. The average Bonchev–Trinajstić information content (AvgIpc) is 2.18. The van der Waals surface area contributed by atoms with E-state index in [-0.39, 0.29) is 0 Å². The van der Waals surface area contributed by atoms with E-state index in [4.69, 9.17) is 0 Å². The second-order valence-electron chi connectivity index (χ2n) is 3.84. The Hall–Kier alpha value is -0.630. The Balaban J connectivity index is 2.42. The van der Waals surface area contributed by atoms with E-state index >= 15 is 0 Å². The highest BCUT2D eigenvalue weighted by atomic mass is 32.2. The molecule has 14 heavy (non-hydrogen) atoms. The van der Waals surface area contributed by atoms with Crippen molar-refractivity contribution in [1.29, 1.82) is 0 Å². The number of rotatable bonds is 5. The molecule has 0 radical (unpaired) electrons.